The highest BCUT2D eigenvalue weighted by atomic mass is 79.9. The van der Waals surface area contributed by atoms with E-state index in [1.165, 1.54) is 12.8 Å². The van der Waals surface area contributed by atoms with E-state index in [1.807, 2.05) is 13.2 Å². The minimum atomic E-state index is 0.677. The second-order valence-electron chi connectivity index (χ2n) is 4.04. The molecule has 2 rings (SSSR count). The third-order valence-electron chi connectivity index (χ3n) is 2.67. The molecular weight excluding hydrogens is 268 g/mol. The molecule has 1 aromatic rings. The topological polar surface area (TPSA) is 41.1 Å². The van der Waals surface area contributed by atoms with Crippen molar-refractivity contribution in [2.24, 2.45) is 0 Å². The van der Waals surface area contributed by atoms with Crippen LogP contribution in [0.5, 0.6) is 0 Å². The van der Waals surface area contributed by atoms with Crippen LogP contribution >= 0.6 is 15.9 Å². The highest BCUT2D eigenvalue weighted by Crippen LogP contribution is 2.34. The van der Waals surface area contributed by atoms with Crippen molar-refractivity contribution in [3.8, 4) is 0 Å². The third-order valence-corrected chi connectivity index (χ3v) is 3.23. The molecule has 5 heteroatoms. The zero-order valence-corrected chi connectivity index (χ0v) is 11.3. The van der Waals surface area contributed by atoms with E-state index in [0.717, 1.165) is 23.3 Å². The molecule has 0 saturated heterocycles. The number of halogens is 1. The van der Waals surface area contributed by atoms with Crippen LogP contribution in [0.3, 0.4) is 0 Å². The first-order chi connectivity index (χ1) is 7.76. The van der Waals surface area contributed by atoms with E-state index in [-0.39, 0.29) is 0 Å². The van der Waals surface area contributed by atoms with Crippen molar-refractivity contribution in [1.29, 1.82) is 0 Å². The normalized spacial score (nSPS) is 14.9. The maximum Gasteiger partial charge on any atom is 0.224 e. The summed E-state index contributed by atoms with van der Waals surface area (Å²) in [5.74, 6) is 1.70. The zero-order chi connectivity index (χ0) is 11.5. The Bertz CT molecular complexity index is 365. The summed E-state index contributed by atoms with van der Waals surface area (Å²) in [6, 6.07) is 0.677. The number of rotatable bonds is 5. The first kappa shape index (κ1) is 11.6. The minimum Gasteiger partial charge on any atom is -0.357 e. The first-order valence-corrected chi connectivity index (χ1v) is 6.52. The molecule has 0 spiro atoms. The van der Waals surface area contributed by atoms with Crippen LogP contribution in [0.1, 0.15) is 26.2 Å². The molecule has 0 radical (unpaired) electrons. The number of nitrogens with one attached hydrogen (secondary N) is 1. The van der Waals surface area contributed by atoms with E-state index in [0.29, 0.717) is 12.0 Å². The SMILES string of the molecule is CCCN(c1nc(NC)ncc1Br)C1CC1. The summed E-state index contributed by atoms with van der Waals surface area (Å²) < 4.78 is 0.979. The van der Waals surface area contributed by atoms with Crippen molar-refractivity contribution in [2.45, 2.75) is 32.2 Å². The molecule has 0 unspecified atom stereocenters. The van der Waals surface area contributed by atoms with Crippen molar-refractivity contribution >= 4 is 27.7 Å². The van der Waals surface area contributed by atoms with Crippen LogP contribution in [-0.2, 0) is 0 Å². The van der Waals surface area contributed by atoms with Gasteiger partial charge in [-0.15, -0.1) is 0 Å². The largest absolute Gasteiger partial charge is 0.357 e. The van der Waals surface area contributed by atoms with Crippen LogP contribution in [0.25, 0.3) is 0 Å². The summed E-state index contributed by atoms with van der Waals surface area (Å²) in [5.41, 5.74) is 0. The monoisotopic (exact) mass is 284 g/mol. The van der Waals surface area contributed by atoms with Crippen LogP contribution in [0.15, 0.2) is 10.7 Å². The zero-order valence-electron chi connectivity index (χ0n) is 9.70. The van der Waals surface area contributed by atoms with E-state index in [9.17, 15) is 0 Å². The lowest BCUT2D eigenvalue weighted by molar-refractivity contribution is 0.747. The van der Waals surface area contributed by atoms with Gasteiger partial charge in [-0.2, -0.15) is 4.98 Å². The maximum absolute atomic E-state index is 4.53. The second-order valence-corrected chi connectivity index (χ2v) is 4.89. The van der Waals surface area contributed by atoms with Gasteiger partial charge in [0.15, 0.2) is 0 Å². The molecule has 1 fully saturated rings. The van der Waals surface area contributed by atoms with Gasteiger partial charge in [0.1, 0.15) is 5.82 Å². The molecular formula is C11H17BrN4. The highest BCUT2D eigenvalue weighted by Gasteiger charge is 2.30. The van der Waals surface area contributed by atoms with Crippen LogP contribution in [0.2, 0.25) is 0 Å². The fourth-order valence-corrected chi connectivity index (χ4v) is 2.19. The Morgan fingerprint density at radius 2 is 2.31 bits per heavy atom. The second kappa shape index (κ2) is 4.99. The predicted octanol–water partition coefficient (Wildman–Crippen LogP) is 2.66. The van der Waals surface area contributed by atoms with Gasteiger partial charge in [0.05, 0.1) is 4.47 Å². The number of hydrogen-bond acceptors (Lipinski definition) is 4. The molecule has 0 atom stereocenters. The number of nitrogens with zero attached hydrogens (tertiary/aromatic N) is 3. The van der Waals surface area contributed by atoms with E-state index < -0.39 is 0 Å². The van der Waals surface area contributed by atoms with Crippen LogP contribution in [0.4, 0.5) is 11.8 Å². The quantitative estimate of drug-likeness (QED) is 0.903. The third kappa shape index (κ3) is 2.45. The lowest BCUT2D eigenvalue weighted by atomic mass is 10.4. The summed E-state index contributed by atoms with van der Waals surface area (Å²) in [6.07, 6.45) is 5.53. The molecule has 1 N–H and O–H groups in total. The molecule has 0 aromatic carbocycles. The molecule has 1 saturated carbocycles. The molecule has 1 aliphatic rings. The van der Waals surface area contributed by atoms with Gasteiger partial charge in [-0.1, -0.05) is 6.92 Å². The molecule has 0 aliphatic heterocycles. The Hall–Kier alpha value is -0.840. The lowest BCUT2D eigenvalue weighted by Crippen LogP contribution is -2.28. The van der Waals surface area contributed by atoms with Crippen LogP contribution < -0.4 is 10.2 Å². The smallest absolute Gasteiger partial charge is 0.224 e. The van der Waals surface area contributed by atoms with Gasteiger partial charge < -0.3 is 10.2 Å². The molecule has 0 amide bonds. The summed E-state index contributed by atoms with van der Waals surface area (Å²) in [7, 11) is 1.84. The Morgan fingerprint density at radius 1 is 1.56 bits per heavy atom. The van der Waals surface area contributed by atoms with Gasteiger partial charge in [-0.05, 0) is 35.2 Å². The van der Waals surface area contributed by atoms with E-state index in [2.05, 4.69) is 43.0 Å². The molecule has 0 bridgehead atoms. The summed E-state index contributed by atoms with van der Waals surface area (Å²) in [5, 5.41) is 2.98. The van der Waals surface area contributed by atoms with Crippen molar-refractivity contribution in [1.82, 2.24) is 9.97 Å². The highest BCUT2D eigenvalue weighted by molar-refractivity contribution is 9.10. The van der Waals surface area contributed by atoms with Crippen molar-refractivity contribution in [2.75, 3.05) is 23.8 Å². The van der Waals surface area contributed by atoms with Crippen molar-refractivity contribution in [3.63, 3.8) is 0 Å². The molecule has 16 heavy (non-hydrogen) atoms. The van der Waals surface area contributed by atoms with Gasteiger partial charge in [-0.25, -0.2) is 4.98 Å². The van der Waals surface area contributed by atoms with Crippen molar-refractivity contribution < 1.29 is 0 Å². The Labute approximate surface area is 105 Å². The molecule has 4 nitrogen and oxygen atoms in total. The Balaban J connectivity index is 2.27. The van der Waals surface area contributed by atoms with Crippen LogP contribution in [0, 0.1) is 0 Å². The van der Waals surface area contributed by atoms with Gasteiger partial charge >= 0.3 is 0 Å². The first-order valence-electron chi connectivity index (χ1n) is 5.73. The lowest BCUT2D eigenvalue weighted by Gasteiger charge is -2.24. The van der Waals surface area contributed by atoms with Gasteiger partial charge in [0.25, 0.3) is 0 Å². The van der Waals surface area contributed by atoms with Crippen LogP contribution in [-0.4, -0.2) is 29.6 Å². The number of anilines is 2. The summed E-state index contributed by atoms with van der Waals surface area (Å²) in [6.45, 7) is 3.26. The molecule has 88 valence electrons. The molecule has 1 aliphatic carbocycles. The maximum atomic E-state index is 4.53. The van der Waals surface area contributed by atoms with E-state index in [1.54, 1.807) is 0 Å². The van der Waals surface area contributed by atoms with E-state index in [4.69, 9.17) is 0 Å². The average molecular weight is 285 g/mol. The number of aromatic nitrogens is 2. The number of hydrogen-bond donors (Lipinski definition) is 1. The van der Waals surface area contributed by atoms with Crippen molar-refractivity contribution in [3.05, 3.63) is 10.7 Å². The summed E-state index contributed by atoms with van der Waals surface area (Å²) in [4.78, 5) is 11.1. The Morgan fingerprint density at radius 3 is 2.88 bits per heavy atom. The van der Waals surface area contributed by atoms with Gasteiger partial charge in [0, 0.05) is 25.8 Å². The fraction of sp³-hybridized carbons (Fsp3) is 0.636. The summed E-state index contributed by atoms with van der Waals surface area (Å²) >= 11 is 3.53. The fourth-order valence-electron chi connectivity index (χ4n) is 1.77. The average Bonchev–Trinajstić information content (AvgIpc) is 3.11. The van der Waals surface area contributed by atoms with E-state index >= 15 is 0 Å². The Kier molecular flexibility index (Phi) is 3.63. The van der Waals surface area contributed by atoms with Gasteiger partial charge in [0.2, 0.25) is 5.95 Å². The standard InChI is InChI=1S/C11H17BrN4/c1-3-6-16(8-4-5-8)10-9(12)7-14-11(13-2)15-10/h7-8H,3-6H2,1-2H3,(H,13,14,15). The molecule has 1 aromatic heterocycles. The minimum absolute atomic E-state index is 0.677. The van der Waals surface area contributed by atoms with Gasteiger partial charge in [-0.3, -0.25) is 0 Å². The molecule has 1 heterocycles. The predicted molar refractivity (Wildman–Crippen MR) is 69.9 cm³/mol.